The second kappa shape index (κ2) is 12.5. The van der Waals surface area contributed by atoms with Gasteiger partial charge in [0.25, 0.3) is 0 Å². The summed E-state index contributed by atoms with van der Waals surface area (Å²) in [7, 11) is 1.90. The number of ether oxygens (including phenoxy) is 1. The third-order valence-corrected chi connectivity index (χ3v) is 11.0. The predicted molar refractivity (Wildman–Crippen MR) is 183 cm³/mol. The molecule has 8 rings (SSSR count). The van der Waals surface area contributed by atoms with Crippen molar-refractivity contribution in [1.82, 2.24) is 30.1 Å². The Morgan fingerprint density at radius 3 is 2.83 bits per heavy atom. The molecule has 4 fully saturated rings. The van der Waals surface area contributed by atoms with Crippen LogP contribution in [0.4, 0.5) is 14.6 Å². The highest BCUT2D eigenvalue weighted by atomic mass is 35.5. The average Bonchev–Trinajstić information content (AvgIpc) is 3.78. The van der Waals surface area contributed by atoms with Gasteiger partial charge in [0.05, 0.1) is 10.9 Å². The zero-order valence-corrected chi connectivity index (χ0v) is 27.6. The number of likely N-dealkylation sites (tertiary alicyclic amines) is 1. The van der Waals surface area contributed by atoms with Crippen LogP contribution < -0.4 is 15.0 Å². The van der Waals surface area contributed by atoms with Crippen molar-refractivity contribution in [3.63, 3.8) is 0 Å². The van der Waals surface area contributed by atoms with Gasteiger partial charge in [-0.25, -0.2) is 8.78 Å². The summed E-state index contributed by atoms with van der Waals surface area (Å²) in [5.41, 5.74) is 0.349. The Morgan fingerprint density at radius 2 is 2.02 bits per heavy atom. The molecule has 0 spiro atoms. The van der Waals surface area contributed by atoms with E-state index in [1.807, 2.05) is 47.2 Å². The molecule has 2 aromatic carbocycles. The Labute approximate surface area is 282 Å². The van der Waals surface area contributed by atoms with Crippen LogP contribution in [0.3, 0.4) is 0 Å². The van der Waals surface area contributed by atoms with Gasteiger partial charge in [0.1, 0.15) is 29.8 Å². The quantitative estimate of drug-likeness (QED) is 0.249. The van der Waals surface area contributed by atoms with Crippen molar-refractivity contribution in [3.05, 3.63) is 65.6 Å². The molecule has 4 aliphatic heterocycles. The van der Waals surface area contributed by atoms with Crippen molar-refractivity contribution in [2.45, 2.75) is 43.4 Å². The molecule has 4 saturated heterocycles. The number of nitrogens with zero attached hydrogens (tertiary/aromatic N) is 6. The Kier molecular flexibility index (Phi) is 8.17. The summed E-state index contributed by atoms with van der Waals surface area (Å²) in [6.07, 6.45) is 7.29. The number of anilines is 1. The number of rotatable bonds is 8. The van der Waals surface area contributed by atoms with Gasteiger partial charge in [-0.1, -0.05) is 48.0 Å². The third kappa shape index (κ3) is 5.55. The highest BCUT2D eigenvalue weighted by Crippen LogP contribution is 2.41. The van der Waals surface area contributed by atoms with Crippen LogP contribution >= 0.6 is 11.6 Å². The predicted octanol–water partition coefficient (Wildman–Crippen LogP) is 5.41. The van der Waals surface area contributed by atoms with Gasteiger partial charge < -0.3 is 19.9 Å². The van der Waals surface area contributed by atoms with E-state index in [9.17, 15) is 9.18 Å². The van der Waals surface area contributed by atoms with Crippen LogP contribution in [0.15, 0.2) is 54.7 Å². The van der Waals surface area contributed by atoms with Crippen molar-refractivity contribution in [2.24, 2.45) is 5.92 Å². The van der Waals surface area contributed by atoms with Gasteiger partial charge in [-0.15, -0.1) is 0 Å². The molecule has 0 aliphatic carbocycles. The topological polar surface area (TPSA) is 86.7 Å². The van der Waals surface area contributed by atoms with E-state index in [-0.39, 0.29) is 35.8 Å². The zero-order valence-electron chi connectivity index (χ0n) is 26.8. The molecular weight excluding hydrogens is 636 g/mol. The summed E-state index contributed by atoms with van der Waals surface area (Å²) in [5.74, 6) is 0.248. The highest BCUT2D eigenvalue weighted by Gasteiger charge is 2.49. The number of alkyl halides is 1. The summed E-state index contributed by atoms with van der Waals surface area (Å²) in [4.78, 5) is 33.0. The highest BCUT2D eigenvalue weighted by molar-refractivity contribution is 6.36. The van der Waals surface area contributed by atoms with E-state index in [1.54, 1.807) is 24.4 Å². The molecule has 250 valence electrons. The number of halogens is 3. The largest absolute Gasteiger partial charge is 0.461 e. The number of nitrogens with one attached hydrogen (secondary N) is 1. The van der Waals surface area contributed by atoms with Gasteiger partial charge >= 0.3 is 6.01 Å². The van der Waals surface area contributed by atoms with Crippen molar-refractivity contribution >= 4 is 45.0 Å². The summed E-state index contributed by atoms with van der Waals surface area (Å²) in [6.45, 7) is 4.35. The lowest BCUT2D eigenvalue weighted by Gasteiger charge is -2.31. The maximum atomic E-state index is 16.8. The van der Waals surface area contributed by atoms with E-state index in [4.69, 9.17) is 21.3 Å². The maximum Gasteiger partial charge on any atom is 0.319 e. The van der Waals surface area contributed by atoms with Crippen molar-refractivity contribution in [2.75, 3.05) is 57.8 Å². The van der Waals surface area contributed by atoms with E-state index in [1.165, 1.54) is 0 Å². The van der Waals surface area contributed by atoms with Crippen molar-refractivity contribution in [3.8, 4) is 17.3 Å². The molecule has 0 radical (unpaired) electrons. The van der Waals surface area contributed by atoms with Gasteiger partial charge in [0, 0.05) is 80.3 Å². The Hall–Kier alpha value is -3.93. The van der Waals surface area contributed by atoms with Crippen molar-refractivity contribution < 1.29 is 18.3 Å². The standard InChI is InChI=1S/C36H38ClF2N7O2/c1-44(25-11-14-45(20-25)29(47)10-9-22-16-40-17-22)34-27-18-41-32(26-7-2-5-23-6-3-8-28(37)30(23)26)31(39)33(27)42-35(43-34)48-21-36-12-4-13-46(36)19-24(38)15-36/h2-3,5-10,18,22,24-25,40H,4,11-17,19-21H2,1H3/b10-9+/t24-,25-,36+/m1/s1. The van der Waals surface area contributed by atoms with Gasteiger partial charge in [-0.3, -0.25) is 14.7 Å². The second-order valence-corrected chi connectivity index (χ2v) is 14.0. The fourth-order valence-corrected chi connectivity index (χ4v) is 8.17. The summed E-state index contributed by atoms with van der Waals surface area (Å²) in [6, 6.07) is 11.1. The zero-order chi connectivity index (χ0) is 33.0. The number of carbonyl (C=O) groups is 1. The minimum Gasteiger partial charge on any atom is -0.461 e. The minimum absolute atomic E-state index is 0.0106. The number of likely N-dealkylation sites (N-methyl/N-ethyl adjacent to an activating group) is 1. The number of benzene rings is 2. The van der Waals surface area contributed by atoms with Gasteiger partial charge in [-0.05, 0) is 43.3 Å². The molecule has 4 aromatic rings. The Bertz CT molecular complexity index is 1920. The molecule has 0 bridgehead atoms. The molecule has 4 aliphatic rings. The van der Waals surface area contributed by atoms with Gasteiger partial charge in [0.2, 0.25) is 5.91 Å². The van der Waals surface area contributed by atoms with Crippen LogP contribution in [0, 0.1) is 11.7 Å². The van der Waals surface area contributed by atoms with Crippen LogP contribution in [0.1, 0.15) is 25.7 Å². The smallest absolute Gasteiger partial charge is 0.319 e. The number of hydrogen-bond donors (Lipinski definition) is 1. The summed E-state index contributed by atoms with van der Waals surface area (Å²) in [5, 5.41) is 5.73. The molecule has 2 aromatic heterocycles. The lowest BCUT2D eigenvalue weighted by Crippen LogP contribution is -2.43. The van der Waals surface area contributed by atoms with Gasteiger partial charge in [0.15, 0.2) is 5.82 Å². The number of carbonyl (C=O) groups excluding carboxylic acids is 1. The normalized spacial score (nSPS) is 24.5. The van der Waals surface area contributed by atoms with Crippen LogP contribution in [0.2, 0.25) is 5.02 Å². The first-order chi connectivity index (χ1) is 23.3. The summed E-state index contributed by atoms with van der Waals surface area (Å²) >= 11 is 6.62. The van der Waals surface area contributed by atoms with E-state index in [0.717, 1.165) is 44.3 Å². The number of aromatic nitrogens is 3. The first-order valence-electron chi connectivity index (χ1n) is 16.8. The lowest BCUT2D eigenvalue weighted by atomic mass is 9.95. The van der Waals surface area contributed by atoms with E-state index < -0.39 is 17.5 Å². The first kappa shape index (κ1) is 31.3. The van der Waals surface area contributed by atoms with E-state index in [2.05, 4.69) is 20.2 Å². The fraction of sp³-hybridized carbons (Fsp3) is 0.444. The maximum absolute atomic E-state index is 16.8. The van der Waals surface area contributed by atoms with E-state index in [0.29, 0.717) is 59.1 Å². The van der Waals surface area contributed by atoms with Crippen LogP contribution in [0.25, 0.3) is 32.9 Å². The molecular formula is C36H38ClF2N7O2. The molecule has 12 heteroatoms. The van der Waals surface area contributed by atoms with E-state index >= 15 is 4.39 Å². The second-order valence-electron chi connectivity index (χ2n) is 13.6. The molecule has 48 heavy (non-hydrogen) atoms. The molecule has 0 unspecified atom stereocenters. The van der Waals surface area contributed by atoms with Crippen molar-refractivity contribution in [1.29, 1.82) is 0 Å². The molecule has 6 heterocycles. The number of fused-ring (bicyclic) bond motifs is 3. The molecule has 3 atom stereocenters. The monoisotopic (exact) mass is 673 g/mol. The third-order valence-electron chi connectivity index (χ3n) is 10.7. The first-order valence-corrected chi connectivity index (χ1v) is 17.1. The number of amides is 1. The fourth-order valence-electron chi connectivity index (χ4n) is 7.88. The lowest BCUT2D eigenvalue weighted by molar-refractivity contribution is -0.125. The minimum atomic E-state index is -0.903. The molecule has 1 N–H and O–H groups in total. The summed E-state index contributed by atoms with van der Waals surface area (Å²) < 4.78 is 37.6. The van der Waals surface area contributed by atoms with Crippen LogP contribution in [-0.2, 0) is 4.79 Å². The Balaban J connectivity index is 1.16. The number of pyridine rings is 1. The Morgan fingerprint density at radius 1 is 1.19 bits per heavy atom. The molecule has 1 amide bonds. The average molecular weight is 674 g/mol. The SMILES string of the molecule is CN(c1nc(OC[C@@]23CCCN2C[C@H](F)C3)nc2c(F)c(-c3cccc4cccc(Cl)c34)ncc12)[C@@H]1CCN(C(=O)/C=C/C2CNC2)C1. The van der Waals surface area contributed by atoms with Crippen LogP contribution in [-0.4, -0.2) is 101 Å². The number of hydrogen-bond acceptors (Lipinski definition) is 8. The van der Waals surface area contributed by atoms with Crippen LogP contribution in [0.5, 0.6) is 6.01 Å². The van der Waals surface area contributed by atoms with Gasteiger partial charge in [-0.2, -0.15) is 9.97 Å². The molecule has 9 nitrogen and oxygen atoms in total. The molecule has 0 saturated carbocycles.